The lowest BCUT2D eigenvalue weighted by Crippen LogP contribution is -2.38. The summed E-state index contributed by atoms with van der Waals surface area (Å²) >= 11 is 0. The van der Waals surface area contributed by atoms with Gasteiger partial charge < -0.3 is 14.6 Å². The van der Waals surface area contributed by atoms with Crippen LogP contribution in [0.15, 0.2) is 115 Å². The third kappa shape index (κ3) is 5.74. The summed E-state index contributed by atoms with van der Waals surface area (Å²) in [7, 11) is 2.11. The molecule has 46 heavy (non-hydrogen) atoms. The highest BCUT2D eigenvalue weighted by molar-refractivity contribution is 6.34. The number of aliphatic hydroxyl groups is 1. The molecule has 0 saturated carbocycles. The lowest BCUT2D eigenvalue weighted by molar-refractivity contribution is -0.253. The number of fused-ring (bicyclic) bond motifs is 2. The third-order valence-corrected chi connectivity index (χ3v) is 9.22. The van der Waals surface area contributed by atoms with Gasteiger partial charge in [0.2, 0.25) is 0 Å². The normalized spacial score (nSPS) is 20.3. The number of carbonyl (C=O) groups excluding carboxylic acids is 2. The van der Waals surface area contributed by atoms with Crippen molar-refractivity contribution in [2.45, 2.75) is 44.5 Å². The minimum Gasteiger partial charge on any atom is -0.392 e. The van der Waals surface area contributed by atoms with E-state index < -0.39 is 6.29 Å². The molecule has 2 aliphatic heterocycles. The van der Waals surface area contributed by atoms with Gasteiger partial charge in [0, 0.05) is 24.6 Å². The fourth-order valence-electron chi connectivity index (χ4n) is 6.47. The Balaban J connectivity index is 1.15. The van der Waals surface area contributed by atoms with Gasteiger partial charge in [-0.2, -0.15) is 0 Å². The number of hydrogen-bond acceptors (Lipinski definition) is 6. The Bertz CT molecular complexity index is 1870. The molecule has 4 atom stereocenters. The van der Waals surface area contributed by atoms with Crippen LogP contribution in [0.4, 0.5) is 5.69 Å². The van der Waals surface area contributed by atoms with E-state index in [0.717, 1.165) is 16.7 Å². The second-order valence-electron chi connectivity index (χ2n) is 12.2. The Morgan fingerprint density at radius 1 is 0.783 bits per heavy atom. The smallest absolute Gasteiger partial charge is 0.266 e. The number of imide groups is 1. The van der Waals surface area contributed by atoms with Crippen molar-refractivity contribution in [2.75, 3.05) is 18.5 Å². The first-order chi connectivity index (χ1) is 22.4. The average Bonchev–Trinajstić information content (AvgIpc) is 3.36. The van der Waals surface area contributed by atoms with Crippen LogP contribution in [0.1, 0.15) is 74.8 Å². The topological polar surface area (TPSA) is 79.3 Å². The highest BCUT2D eigenvalue weighted by atomic mass is 16.7. The lowest BCUT2D eigenvalue weighted by Gasteiger charge is -2.39. The zero-order valence-corrected chi connectivity index (χ0v) is 25.9. The third-order valence-electron chi connectivity index (χ3n) is 9.22. The number of hydrogen-bond donors (Lipinski definition) is 1. The number of nitrogens with zero attached hydrogens (tertiary/aromatic N) is 2. The molecular weight excluding hydrogens is 576 g/mol. The number of rotatable bonds is 8. The second-order valence-corrected chi connectivity index (χ2v) is 12.2. The van der Waals surface area contributed by atoms with Crippen LogP contribution < -0.4 is 4.90 Å². The van der Waals surface area contributed by atoms with Crippen LogP contribution in [0.5, 0.6) is 0 Å². The van der Waals surface area contributed by atoms with Crippen molar-refractivity contribution >= 4 is 28.3 Å². The molecule has 7 heteroatoms. The van der Waals surface area contributed by atoms with Gasteiger partial charge in [-0.3, -0.25) is 14.5 Å². The van der Waals surface area contributed by atoms with E-state index in [-0.39, 0.29) is 36.7 Å². The molecule has 2 aliphatic rings. The van der Waals surface area contributed by atoms with Gasteiger partial charge in [-0.1, -0.05) is 84.9 Å². The molecule has 0 unspecified atom stereocenters. The van der Waals surface area contributed by atoms with Crippen LogP contribution >= 0.6 is 0 Å². The van der Waals surface area contributed by atoms with Gasteiger partial charge in [-0.15, -0.1) is 0 Å². The van der Waals surface area contributed by atoms with E-state index in [1.165, 1.54) is 21.2 Å². The molecule has 232 valence electrons. The summed E-state index contributed by atoms with van der Waals surface area (Å²) in [6.45, 7) is 2.84. The summed E-state index contributed by atoms with van der Waals surface area (Å²) in [6, 6.07) is 37.1. The number of aliphatic hydroxyl groups excluding tert-OH is 1. The van der Waals surface area contributed by atoms with Crippen LogP contribution in [0.3, 0.4) is 0 Å². The highest BCUT2D eigenvalue weighted by Crippen LogP contribution is 2.40. The number of anilines is 1. The van der Waals surface area contributed by atoms with Crippen molar-refractivity contribution in [3.8, 4) is 0 Å². The molecule has 7 nitrogen and oxygen atoms in total. The molecule has 0 radical (unpaired) electrons. The van der Waals surface area contributed by atoms with Crippen LogP contribution in [-0.2, 0) is 16.1 Å². The molecule has 0 bridgehead atoms. The van der Waals surface area contributed by atoms with E-state index in [0.29, 0.717) is 29.8 Å². The summed E-state index contributed by atoms with van der Waals surface area (Å²) in [5.74, 6) is -0.681. The van der Waals surface area contributed by atoms with Crippen LogP contribution in [0.2, 0.25) is 0 Å². The molecule has 5 aromatic rings. The molecule has 0 aliphatic carbocycles. The summed E-state index contributed by atoms with van der Waals surface area (Å²) in [4.78, 5) is 30.0. The zero-order valence-electron chi connectivity index (χ0n) is 25.9. The summed E-state index contributed by atoms with van der Waals surface area (Å²) in [5.41, 5.74) is 5.06. The van der Waals surface area contributed by atoms with Gasteiger partial charge in [0.1, 0.15) is 0 Å². The zero-order chi connectivity index (χ0) is 31.8. The molecule has 1 N–H and O–H groups in total. The number of benzene rings is 5. The molecule has 0 aromatic heterocycles. The van der Waals surface area contributed by atoms with Gasteiger partial charge in [0.25, 0.3) is 11.8 Å². The number of amides is 2. The predicted molar refractivity (Wildman–Crippen MR) is 177 cm³/mol. The molecule has 0 spiro atoms. The van der Waals surface area contributed by atoms with Crippen molar-refractivity contribution in [1.29, 1.82) is 0 Å². The molecular formula is C39H36N2O5. The minimum atomic E-state index is -0.722. The monoisotopic (exact) mass is 612 g/mol. The van der Waals surface area contributed by atoms with E-state index in [4.69, 9.17) is 9.47 Å². The maximum atomic E-state index is 13.2. The lowest BCUT2D eigenvalue weighted by atomic mass is 9.98. The Labute approximate surface area is 268 Å². The first-order valence-corrected chi connectivity index (χ1v) is 15.7. The van der Waals surface area contributed by atoms with E-state index in [1.807, 2.05) is 42.5 Å². The molecule has 2 amide bonds. The van der Waals surface area contributed by atoms with Gasteiger partial charge >= 0.3 is 0 Å². The molecule has 1 saturated heterocycles. The number of carbonyl (C=O) groups is 2. The van der Waals surface area contributed by atoms with Gasteiger partial charge in [0.05, 0.1) is 35.6 Å². The van der Waals surface area contributed by atoms with Gasteiger partial charge in [-0.05, 0) is 71.8 Å². The number of ether oxygens (including phenoxy) is 2. The number of likely N-dealkylation sites (N-methyl/N-ethyl adjacent to an activating group) is 1. The van der Waals surface area contributed by atoms with Crippen molar-refractivity contribution in [3.63, 3.8) is 0 Å². The van der Waals surface area contributed by atoms with E-state index >= 15 is 0 Å². The Kier molecular flexibility index (Phi) is 8.23. The van der Waals surface area contributed by atoms with Crippen molar-refractivity contribution in [1.82, 2.24) is 4.90 Å². The summed E-state index contributed by atoms with van der Waals surface area (Å²) in [6.07, 6.45) is -0.510. The highest BCUT2D eigenvalue weighted by Gasteiger charge is 2.38. The predicted octanol–water partition coefficient (Wildman–Crippen LogP) is 7.37. The first-order valence-electron chi connectivity index (χ1n) is 15.7. The Morgan fingerprint density at radius 2 is 1.48 bits per heavy atom. The van der Waals surface area contributed by atoms with Crippen molar-refractivity contribution < 1.29 is 24.2 Å². The average molecular weight is 613 g/mol. The fraction of sp³-hybridized carbons (Fsp3) is 0.231. The van der Waals surface area contributed by atoms with Crippen molar-refractivity contribution in [3.05, 3.63) is 149 Å². The standard InChI is InChI=1S/C39H36N2O5/c1-25(29-19-18-27-8-3-4-9-30(27)20-29)40(2)23-33-22-36(28-16-14-26(24-42)15-17-28)46-39(45-33)31-10-7-11-32(21-31)41-37(43)34-12-5-6-13-35(34)38(41)44/h3-21,25,33,36,39,42H,22-24H2,1-2H3/t25-,33-,36+,39+/m1/s1. The summed E-state index contributed by atoms with van der Waals surface area (Å²) in [5, 5.41) is 12.0. The molecule has 1 fully saturated rings. The quantitative estimate of drug-likeness (QED) is 0.184. The Morgan fingerprint density at radius 3 is 2.20 bits per heavy atom. The van der Waals surface area contributed by atoms with Gasteiger partial charge in [-0.25, -0.2) is 4.90 Å². The van der Waals surface area contributed by atoms with E-state index in [9.17, 15) is 14.7 Å². The maximum absolute atomic E-state index is 13.2. The van der Waals surface area contributed by atoms with Crippen molar-refractivity contribution in [2.24, 2.45) is 0 Å². The second kappa shape index (κ2) is 12.6. The largest absolute Gasteiger partial charge is 0.392 e. The molecule has 7 rings (SSSR count). The SMILES string of the molecule is C[C@H](c1ccc2ccccc2c1)N(C)C[C@H]1C[C@@H](c2ccc(CO)cc2)O[C@@H](c2cccc(N3C(=O)c4ccccc4C3=O)c2)O1. The van der Waals surface area contributed by atoms with E-state index in [1.54, 1.807) is 30.3 Å². The van der Waals surface area contributed by atoms with Crippen LogP contribution in [0, 0.1) is 0 Å². The minimum absolute atomic E-state index is 0.0256. The van der Waals surface area contributed by atoms with Gasteiger partial charge in [0.15, 0.2) is 6.29 Å². The fourth-order valence-corrected chi connectivity index (χ4v) is 6.47. The first kappa shape index (κ1) is 30.0. The summed E-state index contributed by atoms with van der Waals surface area (Å²) < 4.78 is 13.2. The van der Waals surface area contributed by atoms with Crippen LogP contribution in [-0.4, -0.2) is 41.5 Å². The van der Waals surface area contributed by atoms with E-state index in [2.05, 4.69) is 61.3 Å². The van der Waals surface area contributed by atoms with Crippen LogP contribution in [0.25, 0.3) is 10.8 Å². The Hall–Kier alpha value is -4.66. The molecule has 5 aromatic carbocycles. The maximum Gasteiger partial charge on any atom is 0.266 e. The molecule has 2 heterocycles.